The number of hydrogen-bond acceptors (Lipinski definition) is 3. The van der Waals surface area contributed by atoms with Crippen molar-refractivity contribution in [3.63, 3.8) is 0 Å². The van der Waals surface area contributed by atoms with E-state index in [0.29, 0.717) is 13.0 Å². The van der Waals surface area contributed by atoms with Crippen molar-refractivity contribution in [3.05, 3.63) is 0 Å². The minimum Gasteiger partial charge on any atom is -0.350 e. The van der Waals surface area contributed by atoms with Gasteiger partial charge in [-0.1, -0.05) is 0 Å². The molecule has 0 spiro atoms. The molecule has 0 aliphatic carbocycles. The number of carbonyl (C=O) groups is 2. The molecule has 2 unspecified atom stereocenters. The van der Waals surface area contributed by atoms with E-state index in [1.807, 2.05) is 0 Å². The van der Waals surface area contributed by atoms with Gasteiger partial charge in [0, 0.05) is 20.0 Å². The molecule has 2 atom stereocenters. The second-order valence-electron chi connectivity index (χ2n) is 4.33. The summed E-state index contributed by atoms with van der Waals surface area (Å²) in [6.45, 7) is 1.55. The monoisotopic (exact) mass is 247 g/mol. The number of hydrogen-bond donors (Lipinski definition) is 2. The maximum atomic E-state index is 11.7. The molecule has 0 aromatic carbocycles. The van der Waals surface area contributed by atoms with Gasteiger partial charge >= 0.3 is 0 Å². The van der Waals surface area contributed by atoms with Crippen LogP contribution in [0.4, 0.5) is 0 Å². The molecule has 2 aliphatic rings. The maximum Gasteiger partial charge on any atom is 0.237 e. The van der Waals surface area contributed by atoms with Crippen molar-refractivity contribution in [3.8, 4) is 0 Å². The van der Waals surface area contributed by atoms with Crippen molar-refractivity contribution < 1.29 is 9.59 Å². The Morgan fingerprint density at radius 2 is 2.31 bits per heavy atom. The third-order valence-electron chi connectivity index (χ3n) is 3.06. The fourth-order valence-corrected chi connectivity index (χ4v) is 2.17. The summed E-state index contributed by atoms with van der Waals surface area (Å²) in [6.07, 6.45) is 2.40. The second kappa shape index (κ2) is 5.50. The van der Waals surface area contributed by atoms with Crippen LogP contribution in [-0.4, -0.2) is 48.9 Å². The molecule has 0 bridgehead atoms. The van der Waals surface area contributed by atoms with Crippen LogP contribution in [0.2, 0.25) is 0 Å². The number of carbonyl (C=O) groups excluding carboxylic acids is 2. The summed E-state index contributed by atoms with van der Waals surface area (Å²) in [7, 11) is 1.77. The molecule has 0 aromatic heterocycles. The molecular weight excluding hydrogens is 230 g/mol. The Hall–Kier alpha value is -0.810. The van der Waals surface area contributed by atoms with Crippen molar-refractivity contribution in [2.24, 2.45) is 0 Å². The zero-order valence-electron chi connectivity index (χ0n) is 9.36. The van der Waals surface area contributed by atoms with Gasteiger partial charge in [-0.3, -0.25) is 9.59 Å². The summed E-state index contributed by atoms with van der Waals surface area (Å²) in [5.74, 6) is 0.153. The predicted molar refractivity (Wildman–Crippen MR) is 62.5 cm³/mol. The topological polar surface area (TPSA) is 61.4 Å². The van der Waals surface area contributed by atoms with Gasteiger partial charge in [0.15, 0.2) is 0 Å². The molecule has 0 saturated carbocycles. The van der Waals surface area contributed by atoms with Gasteiger partial charge in [0.25, 0.3) is 0 Å². The minimum atomic E-state index is -0.0500. The number of halogens is 1. The first-order valence-corrected chi connectivity index (χ1v) is 5.44. The summed E-state index contributed by atoms with van der Waals surface area (Å²) >= 11 is 0. The van der Waals surface area contributed by atoms with Gasteiger partial charge < -0.3 is 15.5 Å². The lowest BCUT2D eigenvalue weighted by atomic mass is 10.2. The van der Waals surface area contributed by atoms with Crippen LogP contribution in [0.5, 0.6) is 0 Å². The fraction of sp³-hybridized carbons (Fsp3) is 0.800. The molecule has 2 fully saturated rings. The maximum absolute atomic E-state index is 11.7. The lowest BCUT2D eigenvalue weighted by molar-refractivity contribution is -0.126. The fourth-order valence-electron chi connectivity index (χ4n) is 2.17. The van der Waals surface area contributed by atoms with Gasteiger partial charge in [-0.25, -0.2) is 0 Å². The number of nitrogens with zero attached hydrogens (tertiary/aromatic N) is 1. The molecule has 5 nitrogen and oxygen atoms in total. The van der Waals surface area contributed by atoms with Crippen molar-refractivity contribution in [2.75, 3.05) is 20.1 Å². The predicted octanol–water partition coefficient (Wildman–Crippen LogP) is -0.493. The van der Waals surface area contributed by atoms with Crippen molar-refractivity contribution >= 4 is 24.2 Å². The molecule has 2 amide bonds. The van der Waals surface area contributed by atoms with Crippen LogP contribution in [-0.2, 0) is 9.59 Å². The first-order valence-electron chi connectivity index (χ1n) is 5.44. The van der Waals surface area contributed by atoms with Crippen molar-refractivity contribution in [2.45, 2.75) is 31.3 Å². The van der Waals surface area contributed by atoms with Gasteiger partial charge in [-0.2, -0.15) is 0 Å². The standard InChI is InChI=1S/C10H17N3O2.ClH/c1-13-6-7(5-9(13)14)12-10(15)8-3-2-4-11-8;/h7-8,11H,2-6H2,1H3,(H,12,15);1H. The van der Waals surface area contributed by atoms with E-state index < -0.39 is 0 Å². The van der Waals surface area contributed by atoms with E-state index in [1.165, 1.54) is 0 Å². The normalized spacial score (nSPS) is 29.1. The van der Waals surface area contributed by atoms with E-state index in [9.17, 15) is 9.59 Å². The van der Waals surface area contributed by atoms with Gasteiger partial charge in [0.2, 0.25) is 11.8 Å². The van der Waals surface area contributed by atoms with E-state index in [-0.39, 0.29) is 36.3 Å². The molecule has 16 heavy (non-hydrogen) atoms. The van der Waals surface area contributed by atoms with Crippen LogP contribution in [0.15, 0.2) is 0 Å². The number of nitrogens with one attached hydrogen (secondary N) is 2. The average Bonchev–Trinajstić information content (AvgIpc) is 2.77. The van der Waals surface area contributed by atoms with Crippen molar-refractivity contribution in [1.82, 2.24) is 15.5 Å². The Labute approximate surface area is 101 Å². The Bertz CT molecular complexity index is 279. The number of amides is 2. The summed E-state index contributed by atoms with van der Waals surface area (Å²) in [5.41, 5.74) is 0. The quantitative estimate of drug-likeness (QED) is 0.692. The first kappa shape index (κ1) is 13.3. The minimum absolute atomic E-state index is 0. The third kappa shape index (κ3) is 2.86. The number of likely N-dealkylation sites (N-methyl/N-ethyl adjacent to an activating group) is 1. The van der Waals surface area contributed by atoms with Crippen LogP contribution in [0.25, 0.3) is 0 Å². The molecule has 2 aliphatic heterocycles. The Morgan fingerprint density at radius 1 is 1.56 bits per heavy atom. The van der Waals surface area contributed by atoms with E-state index in [2.05, 4.69) is 10.6 Å². The van der Waals surface area contributed by atoms with Gasteiger partial charge in [0.05, 0.1) is 12.1 Å². The molecule has 6 heteroatoms. The number of rotatable bonds is 2. The molecule has 2 N–H and O–H groups in total. The lowest BCUT2D eigenvalue weighted by Crippen LogP contribution is -2.45. The Morgan fingerprint density at radius 3 is 2.81 bits per heavy atom. The van der Waals surface area contributed by atoms with E-state index in [0.717, 1.165) is 19.4 Å². The van der Waals surface area contributed by atoms with Crippen molar-refractivity contribution in [1.29, 1.82) is 0 Å². The summed E-state index contributed by atoms with van der Waals surface area (Å²) in [6, 6.07) is -0.0524. The second-order valence-corrected chi connectivity index (χ2v) is 4.33. The highest BCUT2D eigenvalue weighted by molar-refractivity contribution is 5.85. The molecule has 92 valence electrons. The third-order valence-corrected chi connectivity index (χ3v) is 3.06. The smallest absolute Gasteiger partial charge is 0.237 e. The summed E-state index contributed by atoms with van der Waals surface area (Å²) < 4.78 is 0. The SMILES string of the molecule is CN1CC(NC(=O)C2CCCN2)CC1=O.Cl. The van der Waals surface area contributed by atoms with Crippen LogP contribution in [0.1, 0.15) is 19.3 Å². The average molecular weight is 248 g/mol. The molecule has 2 heterocycles. The van der Waals surface area contributed by atoms with E-state index >= 15 is 0 Å². The molecule has 2 saturated heterocycles. The van der Waals surface area contributed by atoms with Crippen LogP contribution >= 0.6 is 12.4 Å². The summed E-state index contributed by atoms with van der Waals surface area (Å²) in [5, 5.41) is 6.06. The van der Waals surface area contributed by atoms with Gasteiger partial charge in [-0.15, -0.1) is 12.4 Å². The lowest BCUT2D eigenvalue weighted by Gasteiger charge is -2.15. The zero-order chi connectivity index (χ0) is 10.8. The Kier molecular flexibility index (Phi) is 4.56. The molecule has 2 rings (SSSR count). The van der Waals surface area contributed by atoms with Crippen LogP contribution in [0.3, 0.4) is 0 Å². The zero-order valence-corrected chi connectivity index (χ0v) is 10.2. The highest BCUT2D eigenvalue weighted by Gasteiger charge is 2.30. The summed E-state index contributed by atoms with van der Waals surface area (Å²) in [4.78, 5) is 24.6. The van der Waals surface area contributed by atoms with Gasteiger partial charge in [-0.05, 0) is 19.4 Å². The number of likely N-dealkylation sites (tertiary alicyclic amines) is 1. The molecular formula is C10H18ClN3O2. The molecule has 0 radical (unpaired) electrons. The van der Waals surface area contributed by atoms with Gasteiger partial charge in [0.1, 0.15) is 0 Å². The Balaban J connectivity index is 0.00000128. The van der Waals surface area contributed by atoms with E-state index in [4.69, 9.17) is 0 Å². The first-order chi connectivity index (χ1) is 7.16. The molecule has 0 aromatic rings. The highest BCUT2D eigenvalue weighted by Crippen LogP contribution is 2.10. The highest BCUT2D eigenvalue weighted by atomic mass is 35.5. The largest absolute Gasteiger partial charge is 0.350 e. The van der Waals surface area contributed by atoms with E-state index in [1.54, 1.807) is 11.9 Å². The van der Waals surface area contributed by atoms with Crippen LogP contribution in [0, 0.1) is 0 Å². The van der Waals surface area contributed by atoms with Crippen LogP contribution < -0.4 is 10.6 Å².